The van der Waals surface area contributed by atoms with E-state index in [2.05, 4.69) is 25.8 Å². The Kier molecular flexibility index (Phi) is 15.6. The van der Waals surface area contributed by atoms with Gasteiger partial charge in [0.25, 0.3) is 5.91 Å². The highest BCUT2D eigenvalue weighted by atomic mass is 32.1. The first kappa shape index (κ1) is 32.2. The molecule has 0 saturated heterocycles. The number of nitrogens with zero attached hydrogens (tertiary/aromatic N) is 3. The number of unbranched alkanes of at least 4 members (excludes halogenated alkanes) is 1. The molecule has 0 bridgehead atoms. The molecule has 1 unspecified atom stereocenters. The van der Waals surface area contributed by atoms with E-state index in [4.69, 9.17) is 11.5 Å². The lowest BCUT2D eigenvalue weighted by molar-refractivity contribution is -0.126. The van der Waals surface area contributed by atoms with Gasteiger partial charge >= 0.3 is 0 Å². The number of anilines is 1. The minimum atomic E-state index is -1.31. The summed E-state index contributed by atoms with van der Waals surface area (Å²) in [5, 5.41) is 24.7. The van der Waals surface area contributed by atoms with Crippen molar-refractivity contribution in [1.29, 1.82) is 0 Å². The third-order valence-electron chi connectivity index (χ3n) is 4.89. The van der Waals surface area contributed by atoms with Crippen LogP contribution in [-0.4, -0.2) is 38.2 Å². The normalized spacial score (nSPS) is 13.0. The van der Waals surface area contributed by atoms with Gasteiger partial charge in [-0.05, 0) is 63.0 Å². The molecule has 0 saturated carbocycles. The van der Waals surface area contributed by atoms with Crippen molar-refractivity contribution in [3.63, 3.8) is 0 Å². The summed E-state index contributed by atoms with van der Waals surface area (Å²) >= 11 is 1.34. The molecule has 2 amide bonds. The number of carbonyl (C=O) groups excluding carboxylic acids is 2. The number of carbonyl (C=O) groups is 2. The van der Waals surface area contributed by atoms with Crippen molar-refractivity contribution in [1.82, 2.24) is 20.5 Å². The Labute approximate surface area is 228 Å². The number of allylic oxidation sites excluding steroid dienone is 5. The molecule has 11 heteroatoms. The topological polar surface area (TPSA) is 169 Å². The standard InChI is InChI=1S/C25H33N7O3S.C2H6/c1-3-9-17(4-2)23(34)24(35)29-20(27)14-13-18(26)10-5-6-12-22-31-32-25(36-22)30-21(33)16-19-11-7-8-15-28-19;1-2/h3-4,7-9,11,13-15,23,34H,5-6,10,12,16,26-27H2,1-2H3,(H,29,35)(H,30,32,33);1-2H3/b9-3-,17-4+,18-13-,20-14+;. The number of nitrogens with two attached hydrogens (primary N) is 2. The Balaban J connectivity index is 0.00000352. The molecule has 0 spiro atoms. The van der Waals surface area contributed by atoms with Gasteiger partial charge < -0.3 is 27.2 Å². The molecule has 0 aromatic carbocycles. The summed E-state index contributed by atoms with van der Waals surface area (Å²) in [6, 6.07) is 5.43. The van der Waals surface area contributed by atoms with E-state index in [0.29, 0.717) is 34.9 Å². The maximum atomic E-state index is 12.1. The van der Waals surface area contributed by atoms with Gasteiger partial charge in [0.15, 0.2) is 6.10 Å². The number of aryl methyl sites for hydroxylation is 1. The SMILES string of the molecule is C/C=C\C(=C/C)C(O)C(=O)N/C(N)=C/C=C(\N)CCCCc1nnc(NC(=O)Cc2ccccn2)s1.CC. The van der Waals surface area contributed by atoms with Crippen LogP contribution < -0.4 is 22.1 Å². The van der Waals surface area contributed by atoms with Crippen molar-refractivity contribution in [2.75, 3.05) is 5.32 Å². The average Bonchev–Trinajstić information content (AvgIpc) is 3.36. The minimum Gasteiger partial charge on any atom is -0.402 e. The number of hydrogen-bond acceptors (Lipinski definition) is 9. The summed E-state index contributed by atoms with van der Waals surface area (Å²) < 4.78 is 0. The van der Waals surface area contributed by atoms with Crippen molar-refractivity contribution in [2.45, 2.75) is 65.9 Å². The fourth-order valence-electron chi connectivity index (χ4n) is 3.06. The first-order valence-electron chi connectivity index (χ1n) is 12.5. The Morgan fingerprint density at radius 1 is 1.13 bits per heavy atom. The van der Waals surface area contributed by atoms with E-state index in [9.17, 15) is 14.7 Å². The van der Waals surface area contributed by atoms with Gasteiger partial charge in [-0.3, -0.25) is 14.6 Å². The predicted octanol–water partition coefficient (Wildman–Crippen LogP) is 3.50. The monoisotopic (exact) mass is 541 g/mol. The molecule has 1 atom stereocenters. The second-order valence-electron chi connectivity index (χ2n) is 7.80. The number of pyridine rings is 1. The molecule has 206 valence electrons. The molecule has 0 radical (unpaired) electrons. The van der Waals surface area contributed by atoms with Gasteiger partial charge in [-0.25, -0.2) is 0 Å². The van der Waals surface area contributed by atoms with Crippen molar-refractivity contribution < 1.29 is 14.7 Å². The molecule has 2 rings (SSSR count). The van der Waals surface area contributed by atoms with Crippen LogP contribution in [0.4, 0.5) is 5.13 Å². The largest absolute Gasteiger partial charge is 0.402 e. The van der Waals surface area contributed by atoms with Crippen LogP contribution in [0.1, 0.15) is 57.7 Å². The van der Waals surface area contributed by atoms with Gasteiger partial charge in [0.2, 0.25) is 11.0 Å². The number of aliphatic hydroxyl groups is 1. The zero-order valence-corrected chi connectivity index (χ0v) is 23.3. The number of hydrogen-bond donors (Lipinski definition) is 5. The van der Waals surface area contributed by atoms with Gasteiger partial charge in [-0.2, -0.15) is 0 Å². The summed E-state index contributed by atoms with van der Waals surface area (Å²) in [6.07, 6.45) is 11.7. The maximum absolute atomic E-state index is 12.1. The Hall–Kier alpha value is -3.83. The van der Waals surface area contributed by atoms with Crippen LogP contribution in [0.15, 0.2) is 71.9 Å². The van der Waals surface area contributed by atoms with Gasteiger partial charge in [0.1, 0.15) is 10.8 Å². The third kappa shape index (κ3) is 12.4. The predicted molar refractivity (Wildman–Crippen MR) is 153 cm³/mol. The third-order valence-corrected chi connectivity index (χ3v) is 5.79. The van der Waals surface area contributed by atoms with Crippen LogP contribution >= 0.6 is 11.3 Å². The van der Waals surface area contributed by atoms with Crippen LogP contribution in [0.3, 0.4) is 0 Å². The van der Waals surface area contributed by atoms with Crippen LogP contribution in [0, 0.1) is 0 Å². The Bertz CT molecular complexity index is 1120. The summed E-state index contributed by atoms with van der Waals surface area (Å²) in [6.45, 7) is 7.54. The maximum Gasteiger partial charge on any atom is 0.258 e. The molecule has 2 aromatic rings. The van der Waals surface area contributed by atoms with Crippen molar-refractivity contribution in [3.05, 3.63) is 82.6 Å². The van der Waals surface area contributed by atoms with Gasteiger partial charge in [-0.15, -0.1) is 10.2 Å². The number of nitrogens with one attached hydrogen (secondary N) is 2. The highest BCUT2D eigenvalue weighted by molar-refractivity contribution is 7.15. The van der Waals surface area contributed by atoms with Crippen molar-refractivity contribution in [2.24, 2.45) is 11.5 Å². The first-order chi connectivity index (χ1) is 18.3. The molecule has 0 aliphatic rings. The quantitative estimate of drug-likeness (QED) is 0.190. The molecule has 0 fully saturated rings. The van der Waals surface area contributed by atoms with Crippen LogP contribution in [0.5, 0.6) is 0 Å². The summed E-state index contributed by atoms with van der Waals surface area (Å²) in [5.74, 6) is -0.719. The number of amides is 2. The molecule has 0 aliphatic heterocycles. The molecule has 10 nitrogen and oxygen atoms in total. The number of aliphatic hydroxyl groups excluding tert-OH is 1. The highest BCUT2D eigenvalue weighted by Crippen LogP contribution is 2.18. The first-order valence-corrected chi connectivity index (χ1v) is 13.4. The van der Waals surface area contributed by atoms with E-state index in [1.54, 1.807) is 56.5 Å². The zero-order chi connectivity index (χ0) is 28.3. The second kappa shape index (κ2) is 18.4. The number of rotatable bonds is 13. The average molecular weight is 542 g/mol. The fraction of sp³-hybridized carbons (Fsp3) is 0.370. The molecule has 2 heterocycles. The Morgan fingerprint density at radius 3 is 2.55 bits per heavy atom. The molecular formula is C27H39N7O3S. The van der Waals surface area contributed by atoms with E-state index < -0.39 is 12.0 Å². The van der Waals surface area contributed by atoms with E-state index in [1.807, 2.05) is 19.9 Å². The fourth-order valence-corrected chi connectivity index (χ4v) is 3.86. The minimum absolute atomic E-state index is 0.0874. The van der Waals surface area contributed by atoms with Crippen molar-refractivity contribution >= 4 is 28.3 Å². The highest BCUT2D eigenvalue weighted by Gasteiger charge is 2.17. The summed E-state index contributed by atoms with van der Waals surface area (Å²) in [4.78, 5) is 28.4. The van der Waals surface area contributed by atoms with E-state index in [-0.39, 0.29) is 18.1 Å². The lowest BCUT2D eigenvalue weighted by atomic mass is 10.1. The van der Waals surface area contributed by atoms with Gasteiger partial charge in [0, 0.05) is 24.0 Å². The smallest absolute Gasteiger partial charge is 0.258 e. The molecular weight excluding hydrogens is 502 g/mol. The molecule has 0 aliphatic carbocycles. The van der Waals surface area contributed by atoms with Crippen LogP contribution in [0.2, 0.25) is 0 Å². The van der Waals surface area contributed by atoms with E-state index in [1.165, 1.54) is 17.4 Å². The van der Waals surface area contributed by atoms with Crippen LogP contribution in [-0.2, 0) is 22.4 Å². The van der Waals surface area contributed by atoms with E-state index >= 15 is 0 Å². The molecule has 7 N–H and O–H groups in total. The number of aromatic nitrogens is 3. The summed E-state index contributed by atoms with van der Waals surface area (Å²) in [5.41, 5.74) is 13.6. The van der Waals surface area contributed by atoms with Gasteiger partial charge in [-0.1, -0.05) is 49.5 Å². The lowest BCUT2D eigenvalue weighted by Crippen LogP contribution is -2.37. The summed E-state index contributed by atoms with van der Waals surface area (Å²) in [7, 11) is 0. The Morgan fingerprint density at radius 2 is 1.89 bits per heavy atom. The lowest BCUT2D eigenvalue weighted by Gasteiger charge is -2.12. The van der Waals surface area contributed by atoms with Crippen LogP contribution in [0.25, 0.3) is 0 Å². The van der Waals surface area contributed by atoms with Gasteiger partial charge in [0.05, 0.1) is 6.42 Å². The molecule has 2 aromatic heterocycles. The van der Waals surface area contributed by atoms with E-state index in [0.717, 1.165) is 17.8 Å². The zero-order valence-electron chi connectivity index (χ0n) is 22.5. The van der Waals surface area contributed by atoms with Crippen molar-refractivity contribution in [3.8, 4) is 0 Å². The second-order valence-corrected chi connectivity index (χ2v) is 8.86. The molecule has 38 heavy (non-hydrogen) atoms.